The molecule has 3 heterocycles. The zero-order valence-corrected chi connectivity index (χ0v) is 16.0. The molecular formula is C21H20ClNO5. The first-order chi connectivity index (χ1) is 13.7. The number of fused-ring (bicyclic) bond motifs is 2. The monoisotopic (exact) mass is 401 g/mol. The van der Waals surface area contributed by atoms with Crippen molar-refractivity contribution < 1.29 is 23.7 Å². The van der Waals surface area contributed by atoms with Crippen LogP contribution in [0.25, 0.3) is 0 Å². The molecule has 7 heteroatoms. The van der Waals surface area contributed by atoms with Crippen LogP contribution in [-0.4, -0.2) is 37.4 Å². The molecule has 0 radical (unpaired) electrons. The molecule has 5 rings (SSSR count). The van der Waals surface area contributed by atoms with Crippen LogP contribution >= 0.6 is 11.6 Å². The molecule has 1 fully saturated rings. The Bertz CT molecular complexity index is 931. The lowest BCUT2D eigenvalue weighted by atomic mass is 10.0. The molecular weight excluding hydrogens is 382 g/mol. The molecule has 2 aromatic rings. The van der Waals surface area contributed by atoms with Crippen molar-refractivity contribution in [3.05, 3.63) is 46.5 Å². The highest BCUT2D eigenvalue weighted by atomic mass is 35.5. The van der Waals surface area contributed by atoms with Gasteiger partial charge in [-0.1, -0.05) is 17.7 Å². The maximum Gasteiger partial charge on any atom is 0.254 e. The van der Waals surface area contributed by atoms with E-state index in [4.69, 9.17) is 30.5 Å². The smallest absolute Gasteiger partial charge is 0.254 e. The zero-order chi connectivity index (χ0) is 19.1. The Morgan fingerprint density at radius 2 is 1.82 bits per heavy atom. The molecule has 2 aromatic carbocycles. The predicted octanol–water partition coefficient (Wildman–Crippen LogP) is 4.21. The Balaban J connectivity index is 1.44. The predicted molar refractivity (Wildman–Crippen MR) is 103 cm³/mol. The summed E-state index contributed by atoms with van der Waals surface area (Å²) in [5.41, 5.74) is 1.57. The van der Waals surface area contributed by atoms with E-state index in [1.54, 1.807) is 12.1 Å². The molecule has 1 amide bonds. The maximum absolute atomic E-state index is 13.2. The third-order valence-corrected chi connectivity index (χ3v) is 5.62. The van der Waals surface area contributed by atoms with Crippen molar-refractivity contribution in [1.29, 1.82) is 0 Å². The first-order valence-electron chi connectivity index (χ1n) is 9.50. The van der Waals surface area contributed by atoms with E-state index in [1.165, 1.54) is 0 Å². The average Bonchev–Trinajstić information content (AvgIpc) is 3.32. The molecule has 3 aliphatic heterocycles. The van der Waals surface area contributed by atoms with Gasteiger partial charge in [-0.15, -0.1) is 0 Å². The Morgan fingerprint density at radius 1 is 0.964 bits per heavy atom. The largest absolute Gasteiger partial charge is 0.490 e. The number of carbonyl (C=O) groups is 1. The normalized spacial score (nSPS) is 20.2. The second kappa shape index (κ2) is 7.09. The van der Waals surface area contributed by atoms with Gasteiger partial charge in [0.1, 0.15) is 0 Å². The summed E-state index contributed by atoms with van der Waals surface area (Å²) in [5.74, 6) is 2.47. The van der Waals surface area contributed by atoms with E-state index in [0.717, 1.165) is 36.3 Å². The van der Waals surface area contributed by atoms with Crippen molar-refractivity contribution in [3.8, 4) is 23.0 Å². The van der Waals surface area contributed by atoms with Gasteiger partial charge in [0.05, 0.1) is 24.3 Å². The minimum atomic E-state index is -0.0604. The van der Waals surface area contributed by atoms with E-state index in [1.807, 2.05) is 23.1 Å². The molecule has 28 heavy (non-hydrogen) atoms. The highest BCUT2D eigenvalue weighted by molar-refractivity contribution is 6.32. The summed E-state index contributed by atoms with van der Waals surface area (Å²) in [5, 5.41) is 0.393. The third-order valence-electron chi connectivity index (χ3n) is 5.34. The fourth-order valence-corrected chi connectivity index (χ4v) is 4.27. The number of ether oxygens (including phenoxy) is 4. The van der Waals surface area contributed by atoms with Crippen LogP contribution in [0.5, 0.6) is 23.0 Å². The molecule has 0 saturated carbocycles. The van der Waals surface area contributed by atoms with Crippen LogP contribution in [0.4, 0.5) is 0 Å². The Hall–Kier alpha value is -2.60. The summed E-state index contributed by atoms with van der Waals surface area (Å²) in [7, 11) is 0. The topological polar surface area (TPSA) is 57.2 Å². The summed E-state index contributed by atoms with van der Waals surface area (Å²) in [6.45, 7) is 2.12. The van der Waals surface area contributed by atoms with Gasteiger partial charge in [-0.05, 0) is 42.7 Å². The number of rotatable bonds is 2. The summed E-state index contributed by atoms with van der Waals surface area (Å²) in [6.07, 6.45) is 2.72. The molecule has 6 nitrogen and oxygen atoms in total. The summed E-state index contributed by atoms with van der Waals surface area (Å²) >= 11 is 6.27. The van der Waals surface area contributed by atoms with Gasteiger partial charge in [0.25, 0.3) is 5.91 Å². The van der Waals surface area contributed by atoms with Gasteiger partial charge in [-0.3, -0.25) is 4.79 Å². The second-order valence-corrected chi connectivity index (χ2v) is 7.51. The van der Waals surface area contributed by atoms with Gasteiger partial charge in [-0.2, -0.15) is 0 Å². The number of hydrogen-bond acceptors (Lipinski definition) is 5. The third kappa shape index (κ3) is 3.02. The van der Waals surface area contributed by atoms with Gasteiger partial charge >= 0.3 is 0 Å². The SMILES string of the molecule is O=C(c1cc(Cl)c2c(c1)OCO2)N1CCCC1c1ccc2c(c1)OCCCO2. The van der Waals surface area contributed by atoms with E-state index in [9.17, 15) is 4.79 Å². The van der Waals surface area contributed by atoms with Crippen LogP contribution in [0.1, 0.15) is 41.2 Å². The lowest BCUT2D eigenvalue weighted by Crippen LogP contribution is -2.30. The molecule has 146 valence electrons. The molecule has 0 bridgehead atoms. The van der Waals surface area contributed by atoms with Crippen molar-refractivity contribution in [2.45, 2.75) is 25.3 Å². The van der Waals surface area contributed by atoms with Crippen molar-refractivity contribution in [2.24, 2.45) is 0 Å². The first-order valence-corrected chi connectivity index (χ1v) is 9.88. The summed E-state index contributed by atoms with van der Waals surface area (Å²) in [6, 6.07) is 9.32. The number of amides is 1. The molecule has 0 N–H and O–H groups in total. The number of halogens is 1. The minimum absolute atomic E-state index is 0.00569. The van der Waals surface area contributed by atoms with Gasteiger partial charge in [0, 0.05) is 18.5 Å². The number of benzene rings is 2. The van der Waals surface area contributed by atoms with Crippen molar-refractivity contribution in [3.63, 3.8) is 0 Å². The lowest BCUT2D eigenvalue weighted by molar-refractivity contribution is 0.0735. The molecule has 1 atom stereocenters. The van der Waals surface area contributed by atoms with Crippen LogP contribution in [0.15, 0.2) is 30.3 Å². The van der Waals surface area contributed by atoms with Crippen molar-refractivity contribution >= 4 is 17.5 Å². The molecule has 1 saturated heterocycles. The van der Waals surface area contributed by atoms with Gasteiger partial charge in [0.2, 0.25) is 6.79 Å². The highest BCUT2D eigenvalue weighted by Gasteiger charge is 2.32. The fourth-order valence-electron chi connectivity index (χ4n) is 4.00. The molecule has 0 spiro atoms. The van der Waals surface area contributed by atoms with Crippen molar-refractivity contribution in [2.75, 3.05) is 26.6 Å². The van der Waals surface area contributed by atoms with Gasteiger partial charge in [0.15, 0.2) is 23.0 Å². The number of likely N-dealkylation sites (tertiary alicyclic amines) is 1. The summed E-state index contributed by atoms with van der Waals surface area (Å²) in [4.78, 5) is 15.1. The molecule has 3 aliphatic rings. The van der Waals surface area contributed by atoms with E-state index in [2.05, 4.69) is 0 Å². The van der Waals surface area contributed by atoms with Gasteiger partial charge in [-0.25, -0.2) is 0 Å². The Labute approximate surface area is 167 Å². The zero-order valence-electron chi connectivity index (χ0n) is 15.3. The maximum atomic E-state index is 13.2. The van der Waals surface area contributed by atoms with Crippen LogP contribution in [0.3, 0.4) is 0 Å². The number of carbonyl (C=O) groups excluding carboxylic acids is 1. The second-order valence-electron chi connectivity index (χ2n) is 7.11. The number of nitrogens with zero attached hydrogens (tertiary/aromatic N) is 1. The lowest BCUT2D eigenvalue weighted by Gasteiger charge is -2.26. The Kier molecular flexibility index (Phi) is 4.43. The highest BCUT2D eigenvalue weighted by Crippen LogP contribution is 2.42. The van der Waals surface area contributed by atoms with Crippen LogP contribution < -0.4 is 18.9 Å². The standard InChI is InChI=1S/C21H20ClNO5/c22-15-9-14(11-19-20(15)28-12-27-19)21(24)23-6-1-3-16(23)13-4-5-17-18(10-13)26-8-2-7-25-17/h4-5,9-11,16H,1-3,6-8,12H2. The van der Waals surface area contributed by atoms with E-state index < -0.39 is 0 Å². The van der Waals surface area contributed by atoms with Crippen LogP contribution in [0, 0.1) is 0 Å². The average molecular weight is 402 g/mol. The minimum Gasteiger partial charge on any atom is -0.490 e. The summed E-state index contributed by atoms with van der Waals surface area (Å²) < 4.78 is 22.3. The molecule has 1 unspecified atom stereocenters. The molecule has 0 aliphatic carbocycles. The van der Waals surface area contributed by atoms with Crippen LogP contribution in [-0.2, 0) is 0 Å². The fraction of sp³-hybridized carbons (Fsp3) is 0.381. The van der Waals surface area contributed by atoms with Crippen LogP contribution in [0.2, 0.25) is 5.02 Å². The Morgan fingerprint density at radius 3 is 2.71 bits per heavy atom. The quantitative estimate of drug-likeness (QED) is 0.754. The van der Waals surface area contributed by atoms with E-state index in [-0.39, 0.29) is 18.7 Å². The van der Waals surface area contributed by atoms with Gasteiger partial charge < -0.3 is 23.8 Å². The van der Waals surface area contributed by atoms with Crippen molar-refractivity contribution in [1.82, 2.24) is 4.90 Å². The number of hydrogen-bond donors (Lipinski definition) is 0. The molecule has 0 aromatic heterocycles. The van der Waals surface area contributed by atoms with E-state index in [0.29, 0.717) is 41.8 Å². The first kappa shape index (κ1) is 17.5. The van der Waals surface area contributed by atoms with E-state index >= 15 is 0 Å².